The van der Waals surface area contributed by atoms with E-state index >= 15 is 0 Å². The Kier molecular flexibility index (Phi) is 4.02. The van der Waals surface area contributed by atoms with Gasteiger partial charge in [0.25, 0.3) is 0 Å². The van der Waals surface area contributed by atoms with Crippen LogP contribution in [0, 0.1) is 5.92 Å². The monoisotopic (exact) mass is 340 g/mol. The Morgan fingerprint density at radius 1 is 1.28 bits per heavy atom. The van der Waals surface area contributed by atoms with Gasteiger partial charge in [0.15, 0.2) is 5.76 Å². The van der Waals surface area contributed by atoms with Crippen molar-refractivity contribution in [1.82, 2.24) is 10.1 Å². The van der Waals surface area contributed by atoms with Gasteiger partial charge in [0.05, 0.1) is 18.2 Å². The molecule has 1 aromatic carbocycles. The minimum absolute atomic E-state index is 0.227. The summed E-state index contributed by atoms with van der Waals surface area (Å²) >= 11 is 0. The minimum Gasteiger partial charge on any atom is -0.497 e. The third-order valence-corrected chi connectivity index (χ3v) is 5.58. The van der Waals surface area contributed by atoms with Crippen molar-refractivity contribution >= 4 is 5.91 Å². The molecule has 4 rings (SSSR count). The number of hydrogen-bond acceptors (Lipinski definition) is 4. The molecule has 1 saturated carbocycles. The largest absolute Gasteiger partial charge is 0.497 e. The van der Waals surface area contributed by atoms with Gasteiger partial charge < -0.3 is 14.2 Å². The van der Waals surface area contributed by atoms with Crippen molar-refractivity contribution in [2.45, 2.75) is 38.0 Å². The third-order valence-electron chi connectivity index (χ3n) is 5.58. The number of likely N-dealkylation sites (tertiary alicyclic amines) is 1. The predicted molar refractivity (Wildman–Crippen MR) is 94.4 cm³/mol. The average molecular weight is 340 g/mol. The quantitative estimate of drug-likeness (QED) is 0.853. The summed E-state index contributed by atoms with van der Waals surface area (Å²) in [5.41, 5.74) is 1.23. The molecule has 1 aliphatic heterocycles. The Morgan fingerprint density at radius 2 is 2.04 bits per heavy atom. The SMILES string of the molecule is COc1cccc(-c2cc(C3(C(=O)N4CCC(C)CC4)CC3)no2)c1. The highest BCUT2D eigenvalue weighted by molar-refractivity contribution is 5.91. The van der Waals surface area contributed by atoms with Crippen LogP contribution in [0.25, 0.3) is 11.3 Å². The molecule has 5 nitrogen and oxygen atoms in total. The highest BCUT2D eigenvalue weighted by Crippen LogP contribution is 2.50. The Labute approximate surface area is 147 Å². The summed E-state index contributed by atoms with van der Waals surface area (Å²) in [6.45, 7) is 3.98. The Morgan fingerprint density at radius 3 is 2.72 bits per heavy atom. The van der Waals surface area contributed by atoms with Gasteiger partial charge in [-0.3, -0.25) is 4.79 Å². The molecule has 1 aliphatic carbocycles. The Bertz CT molecular complexity index is 771. The second-order valence-corrected chi connectivity index (χ2v) is 7.37. The molecule has 25 heavy (non-hydrogen) atoms. The lowest BCUT2D eigenvalue weighted by molar-refractivity contribution is -0.135. The summed E-state index contributed by atoms with van der Waals surface area (Å²) in [6, 6.07) is 9.61. The van der Waals surface area contributed by atoms with Gasteiger partial charge in [0.1, 0.15) is 5.75 Å². The van der Waals surface area contributed by atoms with Gasteiger partial charge in [0, 0.05) is 24.7 Å². The van der Waals surface area contributed by atoms with E-state index in [9.17, 15) is 4.79 Å². The number of benzene rings is 1. The lowest BCUT2D eigenvalue weighted by atomic mass is 9.95. The molecule has 0 unspecified atom stereocenters. The molecule has 0 N–H and O–H groups in total. The number of amides is 1. The number of carbonyl (C=O) groups excluding carboxylic acids is 1. The molecule has 132 valence electrons. The number of rotatable bonds is 4. The zero-order valence-corrected chi connectivity index (χ0v) is 14.8. The number of nitrogens with zero attached hydrogens (tertiary/aromatic N) is 2. The smallest absolute Gasteiger partial charge is 0.234 e. The third kappa shape index (κ3) is 2.92. The number of ether oxygens (including phenoxy) is 1. The van der Waals surface area contributed by atoms with Crippen LogP contribution in [0.1, 0.15) is 38.3 Å². The molecule has 2 fully saturated rings. The molecule has 2 aliphatic rings. The number of piperidine rings is 1. The van der Waals surface area contributed by atoms with Gasteiger partial charge in [-0.2, -0.15) is 0 Å². The number of carbonyl (C=O) groups is 1. The zero-order chi connectivity index (χ0) is 17.4. The van der Waals surface area contributed by atoms with Crippen molar-refractivity contribution in [2.75, 3.05) is 20.2 Å². The van der Waals surface area contributed by atoms with E-state index in [4.69, 9.17) is 9.26 Å². The van der Waals surface area contributed by atoms with Gasteiger partial charge in [0.2, 0.25) is 5.91 Å². The molecule has 2 aromatic rings. The zero-order valence-electron chi connectivity index (χ0n) is 14.8. The van der Waals surface area contributed by atoms with Crippen molar-refractivity contribution in [2.24, 2.45) is 5.92 Å². The van der Waals surface area contributed by atoms with Crippen molar-refractivity contribution in [3.63, 3.8) is 0 Å². The standard InChI is InChI=1S/C20H24N2O3/c1-14-6-10-22(11-7-14)19(23)20(8-9-20)18-13-17(25-21-18)15-4-3-5-16(12-15)24-2/h3-5,12-14H,6-11H2,1-2H3. The summed E-state index contributed by atoms with van der Waals surface area (Å²) in [6.07, 6.45) is 3.91. The Hall–Kier alpha value is -2.30. The van der Waals surface area contributed by atoms with E-state index in [-0.39, 0.29) is 5.91 Å². The fourth-order valence-electron chi connectivity index (χ4n) is 3.63. The summed E-state index contributed by atoms with van der Waals surface area (Å²) in [7, 11) is 1.64. The van der Waals surface area contributed by atoms with Gasteiger partial charge in [-0.1, -0.05) is 24.2 Å². The van der Waals surface area contributed by atoms with E-state index < -0.39 is 5.41 Å². The van der Waals surface area contributed by atoms with E-state index in [2.05, 4.69) is 12.1 Å². The highest BCUT2D eigenvalue weighted by atomic mass is 16.5. The van der Waals surface area contributed by atoms with Gasteiger partial charge in [-0.25, -0.2) is 0 Å². The van der Waals surface area contributed by atoms with Gasteiger partial charge in [-0.15, -0.1) is 0 Å². The maximum absolute atomic E-state index is 13.1. The maximum Gasteiger partial charge on any atom is 0.234 e. The fraction of sp³-hybridized carbons (Fsp3) is 0.500. The molecule has 5 heteroatoms. The van der Waals surface area contributed by atoms with Crippen LogP contribution in [0.5, 0.6) is 5.75 Å². The molecule has 1 aromatic heterocycles. The van der Waals surface area contributed by atoms with Crippen LogP contribution in [0.2, 0.25) is 0 Å². The first kappa shape index (κ1) is 16.2. The number of hydrogen-bond donors (Lipinski definition) is 0. The second kappa shape index (κ2) is 6.21. The first-order valence-electron chi connectivity index (χ1n) is 9.03. The fourth-order valence-corrected chi connectivity index (χ4v) is 3.63. The summed E-state index contributed by atoms with van der Waals surface area (Å²) in [4.78, 5) is 15.1. The number of methoxy groups -OCH3 is 1. The minimum atomic E-state index is -0.457. The van der Waals surface area contributed by atoms with Crippen molar-refractivity contribution < 1.29 is 14.1 Å². The molecule has 1 saturated heterocycles. The van der Waals surface area contributed by atoms with Gasteiger partial charge >= 0.3 is 0 Å². The van der Waals surface area contributed by atoms with Crippen LogP contribution in [0.3, 0.4) is 0 Å². The average Bonchev–Trinajstić information content (AvgIpc) is 3.31. The van der Waals surface area contributed by atoms with E-state index in [0.717, 1.165) is 55.8 Å². The normalized spacial score (nSPS) is 19.7. The molecule has 0 radical (unpaired) electrons. The topological polar surface area (TPSA) is 55.6 Å². The Balaban J connectivity index is 1.56. The molecule has 0 atom stereocenters. The van der Waals surface area contributed by atoms with Crippen LogP contribution < -0.4 is 4.74 Å². The van der Waals surface area contributed by atoms with Crippen molar-refractivity contribution in [3.05, 3.63) is 36.0 Å². The highest BCUT2D eigenvalue weighted by Gasteiger charge is 2.55. The van der Waals surface area contributed by atoms with Crippen LogP contribution in [0.4, 0.5) is 0 Å². The molecule has 2 heterocycles. The molecule has 0 spiro atoms. The first-order chi connectivity index (χ1) is 12.1. The summed E-state index contributed by atoms with van der Waals surface area (Å²) < 4.78 is 10.8. The van der Waals surface area contributed by atoms with Crippen molar-refractivity contribution in [1.29, 1.82) is 0 Å². The van der Waals surface area contributed by atoms with Crippen molar-refractivity contribution in [3.8, 4) is 17.1 Å². The van der Waals surface area contributed by atoms with E-state index in [1.807, 2.05) is 35.2 Å². The lowest BCUT2D eigenvalue weighted by Gasteiger charge is -2.32. The van der Waals surface area contributed by atoms with E-state index in [1.165, 1.54) is 0 Å². The van der Waals surface area contributed by atoms with Gasteiger partial charge in [-0.05, 0) is 43.7 Å². The molecular formula is C20H24N2O3. The lowest BCUT2D eigenvalue weighted by Crippen LogP contribution is -2.43. The molecular weight excluding hydrogens is 316 g/mol. The molecule has 0 bridgehead atoms. The predicted octanol–water partition coefficient (Wildman–Crippen LogP) is 3.64. The second-order valence-electron chi connectivity index (χ2n) is 7.37. The number of aromatic nitrogens is 1. The summed E-state index contributed by atoms with van der Waals surface area (Å²) in [5.74, 6) is 2.39. The maximum atomic E-state index is 13.1. The van der Waals surface area contributed by atoms with Crippen LogP contribution >= 0.6 is 0 Å². The van der Waals surface area contributed by atoms with E-state index in [1.54, 1.807) is 7.11 Å². The van der Waals surface area contributed by atoms with Crippen LogP contribution in [-0.2, 0) is 10.2 Å². The molecule has 1 amide bonds. The van der Waals surface area contributed by atoms with E-state index in [0.29, 0.717) is 11.7 Å². The van der Waals surface area contributed by atoms with Crippen LogP contribution in [-0.4, -0.2) is 36.2 Å². The van der Waals surface area contributed by atoms with Crippen LogP contribution in [0.15, 0.2) is 34.9 Å². The first-order valence-corrected chi connectivity index (χ1v) is 9.03. The summed E-state index contributed by atoms with van der Waals surface area (Å²) in [5, 5.41) is 4.25.